The van der Waals surface area contributed by atoms with E-state index in [0.717, 1.165) is 210 Å². The van der Waals surface area contributed by atoms with Gasteiger partial charge < -0.3 is 49.8 Å². The van der Waals surface area contributed by atoms with Crippen LogP contribution in [0.4, 0.5) is 75.8 Å². The van der Waals surface area contributed by atoms with Gasteiger partial charge in [0.15, 0.2) is 17.2 Å². The first kappa shape index (κ1) is 104. The zero-order chi connectivity index (χ0) is 106. The molecule has 4 aliphatic carbocycles. The molecule has 8 fully saturated rings. The molecule has 24 rings (SSSR count). The molecule has 4 spiro atoms. The summed E-state index contributed by atoms with van der Waals surface area (Å²) in [6.45, 7) is 19.1. The quantitative estimate of drug-likeness (QED) is 0.0294. The number of nitriles is 1. The number of carbonyl (C=O) groups is 2. The van der Waals surface area contributed by atoms with Gasteiger partial charge in [0.25, 0.3) is 0 Å². The standard InChI is InChI=1S/C34H30ClF3N4O2.C23H22F3N3O.C23H18F3N3O.C13H14F3NO.C10H9ClN2O2.C10H5ClN2/c1-2-27-32(42-18-25(35)8-14-31(42)39-27)29(43)12-4-21-3-11-28-23(15-21)7-13-30(40-28)41-19-33(20-41)16-24(17-33)22-5-9-26(10-6-22)44-34(36,37)38;2*24-23(25,26)30-19-5-2-16(3-6-19)18-10-22(11-18)13-29(14-22)21-8-4-17-9-15(12-27)1-7-20(17)28-21;14-13(15,16)18-11-3-1-9(2-4-11)10-5-12(6-10)7-17-8-12;1-2-7-9(10(14)15)13-5-6(11)3-4-8(13)12-7;1-12-8-3-4-9-7(6-8)2-5-10(11)13-9/h3,5-11,13-15,18,24H,2,4,12,16-17,19-20H2,1H3;1-9,18H,10-14,27H2;1-9,18H,10-11,13-14H2;1-4,10,17H,5-8H2;3-5H,2H2,1H3,(H,14,15);2-6H. The van der Waals surface area contributed by atoms with Crippen LogP contribution in [0.2, 0.25) is 15.2 Å². The van der Waals surface area contributed by atoms with E-state index in [1.54, 1.807) is 114 Å². The lowest BCUT2D eigenvalue weighted by Gasteiger charge is -2.59. The SMILES string of the molecule is CCc1nc2ccc(Cl)cn2c1C(=O)CCc1ccc2nc(N3CC4(CC(c5ccc(OC(F)(F)F)cc5)C4)C3)ccc2c1.CCc1nc2ccc(Cl)cn2c1C(=O)O.FC(F)(F)Oc1ccc(C2CC3(CNC3)C2)cc1.N#Cc1ccc2nc(N3CC4(CC(c5ccc(OC(F)(F)F)cc5)C4)C3)ccc2c1.NCc1ccc2nc(N3CC4(CC(c5ccc(OC(F)(F)F)cc5)C4)C3)ccc2c1.[C-]#[N+]c1ccc2nc(Cl)ccc2c1. The second kappa shape index (κ2) is 42.1. The largest absolute Gasteiger partial charge is 0.573 e. The molecule has 772 valence electrons. The number of aromatic carboxylic acids is 1. The fourth-order valence-corrected chi connectivity index (χ4v) is 22.5. The number of carboxylic acid groups (broad SMARTS) is 1. The number of carbonyl (C=O) groups excluding carboxylic acids is 1. The number of hydrogen-bond donors (Lipinski definition) is 3. The van der Waals surface area contributed by atoms with Gasteiger partial charge in [-0.2, -0.15) is 5.26 Å². The molecule has 0 amide bonds. The number of rotatable bonds is 19. The van der Waals surface area contributed by atoms with Crippen molar-refractivity contribution in [1.29, 1.82) is 5.26 Å². The molecule has 8 aliphatic rings. The summed E-state index contributed by atoms with van der Waals surface area (Å²) in [4.78, 5) is 61.9. The summed E-state index contributed by atoms with van der Waals surface area (Å²) in [6.07, 6.45) is -4.59. The zero-order valence-corrected chi connectivity index (χ0v) is 83.1. The second-order valence-electron chi connectivity index (χ2n) is 39.9. The molecular weight excluding hydrogens is 2010 g/mol. The van der Waals surface area contributed by atoms with Crippen molar-refractivity contribution >= 4 is 125 Å². The molecule has 0 bridgehead atoms. The summed E-state index contributed by atoms with van der Waals surface area (Å²) in [5, 5.41) is 26.9. The Labute approximate surface area is 868 Å². The van der Waals surface area contributed by atoms with E-state index in [2.05, 4.69) is 101 Å². The van der Waals surface area contributed by atoms with Crippen LogP contribution < -0.4 is 44.7 Å². The van der Waals surface area contributed by atoms with Gasteiger partial charge >= 0.3 is 31.4 Å². The predicted octanol–water partition coefficient (Wildman–Crippen LogP) is 27.3. The number of ketones is 1. The van der Waals surface area contributed by atoms with Crippen molar-refractivity contribution in [1.82, 2.24) is 44.0 Å². The van der Waals surface area contributed by atoms with Gasteiger partial charge in [-0.3, -0.25) is 13.6 Å². The highest BCUT2D eigenvalue weighted by Crippen LogP contribution is 2.60. The third-order valence-corrected chi connectivity index (χ3v) is 29.9. The number of hydrogen-bond acceptors (Lipinski definition) is 18. The highest BCUT2D eigenvalue weighted by Gasteiger charge is 2.56. The third kappa shape index (κ3) is 24.0. The van der Waals surface area contributed by atoms with Gasteiger partial charge in [0.1, 0.15) is 62.6 Å². The highest BCUT2D eigenvalue weighted by molar-refractivity contribution is 6.31. The Balaban J connectivity index is 0.000000118. The van der Waals surface area contributed by atoms with Crippen LogP contribution in [0.1, 0.15) is 167 Å². The number of ether oxygens (including phenoxy) is 4. The minimum absolute atomic E-state index is 0.0441. The first-order valence-electron chi connectivity index (χ1n) is 48.8. The number of nitrogens with zero attached hydrogens (tertiary/aromatic N) is 13. The Hall–Kier alpha value is -14.6. The number of nitrogens with one attached hydrogen (secondary N) is 1. The number of nitrogens with two attached hydrogens (primary N) is 1. The van der Waals surface area contributed by atoms with E-state index in [1.165, 1.54) is 52.9 Å². The lowest BCUT2D eigenvalue weighted by Crippen LogP contribution is -2.62. The maximum atomic E-state index is 13.3. The number of carboxylic acids is 1. The van der Waals surface area contributed by atoms with Gasteiger partial charge in [-0.1, -0.05) is 121 Å². The van der Waals surface area contributed by atoms with Crippen molar-refractivity contribution in [2.75, 3.05) is 67.1 Å². The molecule has 12 heterocycles. The second-order valence-corrected chi connectivity index (χ2v) is 41.1. The van der Waals surface area contributed by atoms with Crippen molar-refractivity contribution in [3.05, 3.63) is 343 Å². The summed E-state index contributed by atoms with van der Waals surface area (Å²) in [5.41, 5.74) is 21.8. The Morgan fingerprint density at radius 1 is 0.433 bits per heavy atom. The van der Waals surface area contributed by atoms with Crippen molar-refractivity contribution in [3.8, 4) is 29.1 Å². The molecule has 0 atom stereocenters. The third-order valence-electron chi connectivity index (χ3n) is 29.3. The van der Waals surface area contributed by atoms with Crippen LogP contribution in [0, 0.1) is 39.6 Å². The van der Waals surface area contributed by atoms with Crippen LogP contribution in [0.15, 0.2) is 255 Å². The summed E-state index contributed by atoms with van der Waals surface area (Å²) < 4.78 is 166. The molecule has 4 saturated carbocycles. The van der Waals surface area contributed by atoms with E-state index in [0.29, 0.717) is 110 Å². The topological polar surface area (TPSA) is 253 Å². The maximum Gasteiger partial charge on any atom is 0.573 e. The minimum Gasteiger partial charge on any atom is -0.477 e. The number of fused-ring (bicyclic) bond motifs is 6. The Bertz CT molecular complexity index is 7790. The van der Waals surface area contributed by atoms with Crippen LogP contribution in [-0.4, -0.2) is 133 Å². The fourth-order valence-electron chi connectivity index (χ4n) is 22.0. The van der Waals surface area contributed by atoms with Crippen LogP contribution in [0.3, 0.4) is 0 Å². The normalized spacial score (nSPS) is 17.0. The summed E-state index contributed by atoms with van der Waals surface area (Å²) >= 11 is 17.7. The van der Waals surface area contributed by atoms with Crippen molar-refractivity contribution < 1.29 is 86.3 Å². The van der Waals surface area contributed by atoms with E-state index in [9.17, 15) is 62.3 Å². The van der Waals surface area contributed by atoms with Crippen molar-refractivity contribution in [2.24, 2.45) is 27.4 Å². The molecule has 22 nitrogen and oxygen atoms in total. The van der Waals surface area contributed by atoms with Gasteiger partial charge in [-0.15, -0.1) is 52.7 Å². The minimum atomic E-state index is -4.68. The Kier molecular flexibility index (Phi) is 29.2. The molecule has 37 heteroatoms. The van der Waals surface area contributed by atoms with Crippen molar-refractivity contribution in [3.63, 3.8) is 0 Å². The van der Waals surface area contributed by atoms with E-state index in [4.69, 9.17) is 72.4 Å². The molecule has 4 aliphatic heterocycles. The number of pyridine rings is 6. The molecule has 8 aromatic carbocycles. The average Bonchev–Trinajstić information content (AvgIpc) is 0.942. The number of aryl methyl sites for hydroxylation is 3. The first-order chi connectivity index (χ1) is 71.6. The monoisotopic (exact) mass is 2110 g/mol. The number of alkyl halides is 12. The van der Waals surface area contributed by atoms with E-state index < -0.39 is 31.4 Å². The summed E-state index contributed by atoms with van der Waals surface area (Å²) in [6, 6.07) is 73.1. The van der Waals surface area contributed by atoms with Crippen molar-refractivity contribution in [2.45, 2.75) is 147 Å². The molecule has 0 unspecified atom stereocenters. The molecule has 4 saturated heterocycles. The molecule has 150 heavy (non-hydrogen) atoms. The average molecular weight is 2110 g/mol. The number of anilines is 3. The molecular formula is C113H98Cl3F12N15O7. The molecule has 16 aromatic rings. The van der Waals surface area contributed by atoms with Gasteiger partial charge in [0, 0.05) is 110 Å². The maximum absolute atomic E-state index is 13.3. The molecule has 0 radical (unpaired) electrons. The number of aromatic nitrogens is 8. The van der Waals surface area contributed by atoms with Crippen LogP contribution in [-0.2, 0) is 25.8 Å². The zero-order valence-electron chi connectivity index (χ0n) is 80.9. The van der Waals surface area contributed by atoms with Gasteiger partial charge in [-0.05, 0) is 308 Å². The van der Waals surface area contributed by atoms with E-state index in [-0.39, 0.29) is 45.3 Å². The fraction of sp³-hybridized carbons (Fsp3) is 0.310. The lowest BCUT2D eigenvalue weighted by atomic mass is 9.56. The number of Topliss-reactive ketones (excluding diaryl/α,β-unsaturated/α-hetero) is 1. The Morgan fingerprint density at radius 2 is 0.780 bits per heavy atom. The smallest absolute Gasteiger partial charge is 0.477 e. The van der Waals surface area contributed by atoms with Crippen LogP contribution in [0.25, 0.3) is 59.8 Å². The molecule has 8 aromatic heterocycles. The highest BCUT2D eigenvalue weighted by atomic mass is 35.5. The van der Waals surface area contributed by atoms with E-state index >= 15 is 0 Å². The number of imidazole rings is 2. The summed E-state index contributed by atoms with van der Waals surface area (Å²) in [5.74, 6) is 2.87. The summed E-state index contributed by atoms with van der Waals surface area (Å²) in [7, 11) is 0. The Morgan fingerprint density at radius 3 is 1.15 bits per heavy atom. The van der Waals surface area contributed by atoms with E-state index in [1.807, 2.05) is 74.5 Å². The first-order valence-corrected chi connectivity index (χ1v) is 50.0. The molecule has 4 N–H and O–H groups in total. The van der Waals surface area contributed by atoms with Gasteiger partial charge in [0.2, 0.25) is 0 Å². The van der Waals surface area contributed by atoms with Gasteiger partial charge in [-0.25, -0.2) is 39.5 Å². The number of halogens is 15. The van der Waals surface area contributed by atoms with Crippen LogP contribution in [0.5, 0.6) is 23.0 Å². The number of benzene rings is 8. The predicted molar refractivity (Wildman–Crippen MR) is 549 cm³/mol. The van der Waals surface area contributed by atoms with Gasteiger partial charge in [0.05, 0.1) is 61.7 Å². The van der Waals surface area contributed by atoms with Crippen LogP contribution >= 0.6 is 34.8 Å². The lowest BCUT2D eigenvalue weighted by molar-refractivity contribution is -0.275.